The Bertz CT molecular complexity index is 3100. The summed E-state index contributed by atoms with van der Waals surface area (Å²) in [4.78, 5) is 4.85. The number of para-hydroxylation sites is 5. The summed E-state index contributed by atoms with van der Waals surface area (Å²) >= 11 is 0. The van der Waals surface area contributed by atoms with Crippen molar-refractivity contribution in [2.75, 3.05) is 9.80 Å². The maximum absolute atomic E-state index is 6.41. The molecule has 0 bridgehead atoms. The van der Waals surface area contributed by atoms with Gasteiger partial charge in [-0.3, -0.25) is 0 Å². The summed E-state index contributed by atoms with van der Waals surface area (Å²) < 4.78 is 12.8. The van der Waals surface area contributed by atoms with Gasteiger partial charge in [-0.05, 0) is 82.6 Å². The van der Waals surface area contributed by atoms with Crippen LogP contribution in [0.5, 0.6) is 0 Å². The molecule has 0 unspecified atom stereocenters. The van der Waals surface area contributed by atoms with Crippen molar-refractivity contribution in [1.82, 2.24) is 0 Å². The highest BCUT2D eigenvalue weighted by Gasteiger charge is 2.42. The molecule has 0 atom stereocenters. The van der Waals surface area contributed by atoms with Crippen LogP contribution in [-0.4, -0.2) is 6.71 Å². The van der Waals surface area contributed by atoms with E-state index in [0.29, 0.717) is 0 Å². The average molecular weight is 677 g/mol. The van der Waals surface area contributed by atoms with Gasteiger partial charge in [-0.1, -0.05) is 109 Å². The third kappa shape index (κ3) is 4.02. The van der Waals surface area contributed by atoms with Gasteiger partial charge in [-0.15, -0.1) is 0 Å². The fraction of sp³-hybridized carbons (Fsp3) is 0. The van der Waals surface area contributed by atoms with Crippen molar-refractivity contribution in [2.24, 2.45) is 0 Å². The lowest BCUT2D eigenvalue weighted by Gasteiger charge is -2.44. The van der Waals surface area contributed by atoms with E-state index in [0.717, 1.165) is 66.4 Å². The van der Waals surface area contributed by atoms with Crippen LogP contribution in [0.1, 0.15) is 0 Å². The molecule has 0 spiro atoms. The van der Waals surface area contributed by atoms with Crippen molar-refractivity contribution in [1.29, 1.82) is 0 Å². The Morgan fingerprint density at radius 2 is 0.906 bits per heavy atom. The van der Waals surface area contributed by atoms with E-state index in [1.807, 2.05) is 24.3 Å². The first-order valence-corrected chi connectivity index (χ1v) is 18.1. The smallest absolute Gasteiger partial charge is 0.252 e. The molecule has 5 heteroatoms. The minimum absolute atomic E-state index is 0.0843. The third-order valence-corrected chi connectivity index (χ3v) is 11.3. The third-order valence-electron chi connectivity index (χ3n) is 11.3. The molecular formula is C48H29BN2O2. The highest BCUT2D eigenvalue weighted by Crippen LogP contribution is 2.45. The Balaban J connectivity index is 1.03. The Labute approximate surface area is 305 Å². The van der Waals surface area contributed by atoms with E-state index >= 15 is 0 Å². The number of hydrogen-bond donors (Lipinski definition) is 0. The van der Waals surface area contributed by atoms with Crippen LogP contribution in [0, 0.1) is 0 Å². The summed E-state index contributed by atoms with van der Waals surface area (Å²) in [6, 6.07) is 63.1. The monoisotopic (exact) mass is 676 g/mol. The van der Waals surface area contributed by atoms with Crippen molar-refractivity contribution in [2.45, 2.75) is 0 Å². The molecule has 2 aliphatic heterocycles. The van der Waals surface area contributed by atoms with Crippen LogP contribution in [0.25, 0.3) is 55.0 Å². The molecule has 12 rings (SSSR count). The second-order valence-electron chi connectivity index (χ2n) is 14.0. The Morgan fingerprint density at radius 3 is 1.64 bits per heavy atom. The molecule has 0 saturated heterocycles. The molecule has 2 aliphatic rings. The second-order valence-corrected chi connectivity index (χ2v) is 14.0. The molecule has 0 saturated carbocycles. The van der Waals surface area contributed by atoms with Crippen molar-refractivity contribution >= 4 is 101 Å². The van der Waals surface area contributed by atoms with E-state index < -0.39 is 0 Å². The minimum Gasteiger partial charge on any atom is -0.456 e. The van der Waals surface area contributed by atoms with Gasteiger partial charge >= 0.3 is 0 Å². The first kappa shape index (κ1) is 28.7. The van der Waals surface area contributed by atoms with Crippen molar-refractivity contribution in [3.05, 3.63) is 176 Å². The zero-order valence-electron chi connectivity index (χ0n) is 28.5. The zero-order valence-corrected chi connectivity index (χ0v) is 28.5. The molecule has 10 aromatic rings. The number of hydrogen-bond acceptors (Lipinski definition) is 4. The quantitative estimate of drug-likeness (QED) is 0.174. The minimum atomic E-state index is 0.0843. The van der Waals surface area contributed by atoms with Gasteiger partial charge in [-0.25, -0.2) is 0 Å². The largest absolute Gasteiger partial charge is 0.456 e. The Kier molecular flexibility index (Phi) is 5.83. The number of rotatable bonds is 3. The standard InChI is InChI=1S/C48H29BN2O2/c1-7-21-44-34(11-1)36-28-27-32(29-46(36)52-44)51-41-18-6-4-16-39(41)49-38-15-3-5-17-40(38)50(42-19-10-20-43(51)47(42)49)31-25-23-30(24-26-31)33-13-9-14-37-35-12-2-8-22-45(35)53-48(33)37/h1-29H. The van der Waals surface area contributed by atoms with Crippen LogP contribution in [0.4, 0.5) is 34.1 Å². The molecular weight excluding hydrogens is 647 g/mol. The summed E-state index contributed by atoms with van der Waals surface area (Å²) in [5, 5.41) is 4.54. The van der Waals surface area contributed by atoms with E-state index in [-0.39, 0.29) is 6.71 Å². The highest BCUT2D eigenvalue weighted by molar-refractivity contribution is 7.00. The number of furan rings is 2. The number of fused-ring (bicyclic) bond motifs is 10. The maximum Gasteiger partial charge on any atom is 0.252 e. The Morgan fingerprint density at radius 1 is 0.377 bits per heavy atom. The van der Waals surface area contributed by atoms with Gasteiger partial charge in [0, 0.05) is 67.3 Å². The molecule has 4 heterocycles. The van der Waals surface area contributed by atoms with Gasteiger partial charge in [-0.2, -0.15) is 0 Å². The summed E-state index contributed by atoms with van der Waals surface area (Å²) in [6.07, 6.45) is 0. The van der Waals surface area contributed by atoms with E-state index in [2.05, 4.69) is 161 Å². The molecule has 0 fully saturated rings. The summed E-state index contributed by atoms with van der Waals surface area (Å²) in [7, 11) is 0. The molecule has 246 valence electrons. The highest BCUT2D eigenvalue weighted by atomic mass is 16.3. The zero-order chi connectivity index (χ0) is 34.6. The van der Waals surface area contributed by atoms with Crippen LogP contribution in [0.3, 0.4) is 0 Å². The average Bonchev–Trinajstić information content (AvgIpc) is 3.79. The number of nitrogens with zero attached hydrogens (tertiary/aromatic N) is 2. The van der Waals surface area contributed by atoms with Crippen molar-refractivity contribution in [3.8, 4) is 11.1 Å². The van der Waals surface area contributed by atoms with Crippen LogP contribution in [0.2, 0.25) is 0 Å². The first-order chi connectivity index (χ1) is 26.3. The number of anilines is 6. The normalized spacial score (nSPS) is 13.2. The summed E-state index contributed by atoms with van der Waals surface area (Å²) in [6.45, 7) is 0.0843. The number of benzene rings is 8. The molecule has 0 radical (unpaired) electrons. The van der Waals surface area contributed by atoms with Gasteiger partial charge in [0.05, 0.1) is 0 Å². The van der Waals surface area contributed by atoms with Gasteiger partial charge in [0.1, 0.15) is 22.3 Å². The van der Waals surface area contributed by atoms with Crippen LogP contribution < -0.4 is 26.2 Å². The van der Waals surface area contributed by atoms with Crippen molar-refractivity contribution < 1.29 is 8.83 Å². The lowest BCUT2D eigenvalue weighted by atomic mass is 9.33. The predicted octanol–water partition coefficient (Wildman–Crippen LogP) is 11.2. The molecule has 53 heavy (non-hydrogen) atoms. The maximum atomic E-state index is 6.41. The van der Waals surface area contributed by atoms with Crippen molar-refractivity contribution in [3.63, 3.8) is 0 Å². The second kappa shape index (κ2) is 10.8. The molecule has 4 nitrogen and oxygen atoms in total. The van der Waals surface area contributed by atoms with Crippen LogP contribution in [-0.2, 0) is 0 Å². The molecule has 2 aromatic heterocycles. The van der Waals surface area contributed by atoms with E-state index in [4.69, 9.17) is 8.83 Å². The van der Waals surface area contributed by atoms with Gasteiger partial charge in [0.15, 0.2) is 0 Å². The fourth-order valence-corrected chi connectivity index (χ4v) is 9.01. The fourth-order valence-electron chi connectivity index (χ4n) is 9.01. The predicted molar refractivity (Wildman–Crippen MR) is 220 cm³/mol. The van der Waals surface area contributed by atoms with Gasteiger partial charge < -0.3 is 18.6 Å². The molecule has 8 aromatic carbocycles. The van der Waals surface area contributed by atoms with E-state index in [1.165, 1.54) is 39.1 Å². The topological polar surface area (TPSA) is 32.8 Å². The van der Waals surface area contributed by atoms with Gasteiger partial charge in [0.2, 0.25) is 0 Å². The van der Waals surface area contributed by atoms with Gasteiger partial charge in [0.25, 0.3) is 6.71 Å². The summed E-state index contributed by atoms with van der Waals surface area (Å²) in [5.74, 6) is 0. The first-order valence-electron chi connectivity index (χ1n) is 18.1. The lowest BCUT2D eigenvalue weighted by molar-refractivity contribution is 0.669. The van der Waals surface area contributed by atoms with E-state index in [1.54, 1.807) is 0 Å². The summed E-state index contributed by atoms with van der Waals surface area (Å²) in [5.41, 5.74) is 16.6. The lowest BCUT2D eigenvalue weighted by Crippen LogP contribution is -2.61. The van der Waals surface area contributed by atoms with Crippen LogP contribution in [0.15, 0.2) is 185 Å². The molecule has 0 aliphatic carbocycles. The Hall–Kier alpha value is -6.98. The van der Waals surface area contributed by atoms with Crippen LogP contribution >= 0.6 is 0 Å². The molecule has 0 amide bonds. The van der Waals surface area contributed by atoms with E-state index in [9.17, 15) is 0 Å². The SMILES string of the molecule is c1ccc2c(c1)B1c3ccccc3N(c3ccc4c(c3)oc3ccccc34)c3cccc(c31)N2c1ccc(-c2cccc3c2oc2ccccc23)cc1. The molecule has 0 N–H and O–H groups in total.